The van der Waals surface area contributed by atoms with Crippen molar-refractivity contribution in [2.24, 2.45) is 11.8 Å². The predicted molar refractivity (Wildman–Crippen MR) is 75.5 cm³/mol. The SMILES string of the molecule is CC1OC(C)C(C(=O)Cc2ccc(F)c(Br)c2)C1C. The molecule has 0 N–H and O–H groups in total. The van der Waals surface area contributed by atoms with E-state index in [4.69, 9.17) is 4.74 Å². The van der Waals surface area contributed by atoms with Crippen molar-refractivity contribution >= 4 is 21.7 Å². The Labute approximate surface area is 121 Å². The zero-order valence-electron chi connectivity index (χ0n) is 11.3. The molecule has 0 bridgehead atoms. The van der Waals surface area contributed by atoms with E-state index in [1.807, 2.05) is 13.8 Å². The van der Waals surface area contributed by atoms with Gasteiger partial charge in [0.1, 0.15) is 11.6 Å². The van der Waals surface area contributed by atoms with E-state index < -0.39 is 0 Å². The Kier molecular flexibility index (Phi) is 4.41. The molecule has 1 saturated heterocycles. The highest BCUT2D eigenvalue weighted by Crippen LogP contribution is 2.33. The number of carbonyl (C=O) groups is 1. The van der Waals surface area contributed by atoms with Gasteiger partial charge >= 0.3 is 0 Å². The van der Waals surface area contributed by atoms with Crippen LogP contribution in [0.1, 0.15) is 26.3 Å². The van der Waals surface area contributed by atoms with Crippen LogP contribution in [0.4, 0.5) is 4.39 Å². The summed E-state index contributed by atoms with van der Waals surface area (Å²) in [7, 11) is 0. The Morgan fingerprint density at radius 1 is 1.32 bits per heavy atom. The second-order valence-electron chi connectivity index (χ2n) is 5.32. The van der Waals surface area contributed by atoms with E-state index in [0.717, 1.165) is 5.56 Å². The van der Waals surface area contributed by atoms with Crippen LogP contribution in [-0.4, -0.2) is 18.0 Å². The van der Waals surface area contributed by atoms with Crippen molar-refractivity contribution in [1.82, 2.24) is 0 Å². The molecule has 1 heterocycles. The molecule has 0 radical (unpaired) electrons. The first kappa shape index (κ1) is 14.7. The largest absolute Gasteiger partial charge is 0.375 e. The van der Waals surface area contributed by atoms with E-state index in [1.54, 1.807) is 12.1 Å². The molecule has 0 amide bonds. The van der Waals surface area contributed by atoms with E-state index >= 15 is 0 Å². The summed E-state index contributed by atoms with van der Waals surface area (Å²) in [6.45, 7) is 6.00. The van der Waals surface area contributed by atoms with E-state index in [0.29, 0.717) is 10.9 Å². The smallest absolute Gasteiger partial charge is 0.143 e. The molecular formula is C15H18BrFO2. The number of rotatable bonds is 3. The van der Waals surface area contributed by atoms with Gasteiger partial charge in [-0.2, -0.15) is 0 Å². The number of ether oxygens (including phenoxy) is 1. The normalized spacial score (nSPS) is 30.6. The fourth-order valence-electron chi connectivity index (χ4n) is 2.79. The van der Waals surface area contributed by atoms with Crippen molar-refractivity contribution in [3.8, 4) is 0 Å². The summed E-state index contributed by atoms with van der Waals surface area (Å²) in [6.07, 6.45) is 0.402. The number of benzene rings is 1. The Balaban J connectivity index is 2.10. The minimum atomic E-state index is -0.309. The Hall–Kier alpha value is -0.740. The summed E-state index contributed by atoms with van der Waals surface area (Å²) in [6, 6.07) is 4.71. The summed E-state index contributed by atoms with van der Waals surface area (Å²) < 4.78 is 19.3. The van der Waals surface area contributed by atoms with Gasteiger partial charge < -0.3 is 4.74 Å². The quantitative estimate of drug-likeness (QED) is 0.844. The summed E-state index contributed by atoms with van der Waals surface area (Å²) >= 11 is 3.14. The molecule has 0 aromatic heterocycles. The highest BCUT2D eigenvalue weighted by Gasteiger charge is 2.40. The molecule has 2 nitrogen and oxygen atoms in total. The third kappa shape index (κ3) is 3.06. The lowest BCUT2D eigenvalue weighted by atomic mass is 9.84. The first-order chi connectivity index (χ1) is 8.90. The number of ketones is 1. The summed E-state index contributed by atoms with van der Waals surface area (Å²) in [5.74, 6) is 0.0174. The average Bonchev–Trinajstić information content (AvgIpc) is 2.58. The predicted octanol–water partition coefficient (Wildman–Crippen LogP) is 3.76. The third-order valence-corrected chi connectivity index (χ3v) is 4.58. The molecule has 4 unspecified atom stereocenters. The monoisotopic (exact) mass is 328 g/mol. The lowest BCUT2D eigenvalue weighted by molar-refractivity contribution is -0.124. The topological polar surface area (TPSA) is 26.3 Å². The maximum absolute atomic E-state index is 13.2. The van der Waals surface area contributed by atoms with Gasteiger partial charge in [-0.15, -0.1) is 0 Å². The summed E-state index contributed by atoms with van der Waals surface area (Å²) in [5.41, 5.74) is 0.831. The zero-order valence-corrected chi connectivity index (χ0v) is 12.9. The number of carbonyl (C=O) groups excluding carboxylic acids is 1. The molecule has 0 aliphatic carbocycles. The number of Topliss-reactive ketones (excluding diaryl/α,β-unsaturated/α-hetero) is 1. The van der Waals surface area contributed by atoms with Gasteiger partial charge in [0.05, 0.1) is 16.7 Å². The third-order valence-electron chi connectivity index (χ3n) is 3.98. The van der Waals surface area contributed by atoms with Crippen LogP contribution >= 0.6 is 15.9 Å². The molecule has 1 aliphatic rings. The van der Waals surface area contributed by atoms with Gasteiger partial charge in [0.2, 0.25) is 0 Å². The first-order valence-corrected chi connectivity index (χ1v) is 7.31. The molecule has 4 atom stereocenters. The van der Waals surface area contributed by atoms with Gasteiger partial charge in [-0.3, -0.25) is 4.79 Å². The molecule has 19 heavy (non-hydrogen) atoms. The van der Waals surface area contributed by atoms with Crippen LogP contribution in [0.15, 0.2) is 22.7 Å². The summed E-state index contributed by atoms with van der Waals surface area (Å²) in [5, 5.41) is 0. The molecule has 104 valence electrons. The van der Waals surface area contributed by atoms with E-state index in [1.165, 1.54) is 6.07 Å². The lowest BCUT2D eigenvalue weighted by Gasteiger charge is -2.17. The van der Waals surface area contributed by atoms with Gasteiger partial charge in [-0.05, 0) is 53.4 Å². The zero-order chi connectivity index (χ0) is 14.2. The van der Waals surface area contributed by atoms with Crippen molar-refractivity contribution in [2.75, 3.05) is 0 Å². The van der Waals surface area contributed by atoms with Crippen LogP contribution in [0, 0.1) is 17.7 Å². The first-order valence-electron chi connectivity index (χ1n) is 6.52. The maximum Gasteiger partial charge on any atom is 0.143 e. The fraction of sp³-hybridized carbons (Fsp3) is 0.533. The van der Waals surface area contributed by atoms with Crippen LogP contribution < -0.4 is 0 Å². The minimum Gasteiger partial charge on any atom is -0.375 e. The minimum absolute atomic E-state index is 0.0404. The second kappa shape index (κ2) is 5.71. The van der Waals surface area contributed by atoms with Crippen molar-refractivity contribution in [3.05, 3.63) is 34.1 Å². The molecule has 1 fully saturated rings. The van der Waals surface area contributed by atoms with E-state index in [9.17, 15) is 9.18 Å². The van der Waals surface area contributed by atoms with Gasteiger partial charge in [0.25, 0.3) is 0 Å². The number of halogens is 2. The Morgan fingerprint density at radius 3 is 2.53 bits per heavy atom. The van der Waals surface area contributed by atoms with Gasteiger partial charge in [-0.25, -0.2) is 4.39 Å². The van der Waals surface area contributed by atoms with Crippen molar-refractivity contribution in [2.45, 2.75) is 39.4 Å². The maximum atomic E-state index is 13.2. The standard InChI is InChI=1S/C15H18BrFO2/c1-8-9(2)19-10(3)15(8)14(18)7-11-4-5-13(17)12(16)6-11/h4-6,8-10,15H,7H2,1-3H3. The van der Waals surface area contributed by atoms with Crippen molar-refractivity contribution in [3.63, 3.8) is 0 Å². The van der Waals surface area contributed by atoms with E-state index in [2.05, 4.69) is 22.9 Å². The molecule has 2 rings (SSSR count). The van der Waals surface area contributed by atoms with Gasteiger partial charge in [0.15, 0.2) is 0 Å². The molecule has 0 saturated carbocycles. The highest BCUT2D eigenvalue weighted by atomic mass is 79.9. The second-order valence-corrected chi connectivity index (χ2v) is 6.18. The van der Waals surface area contributed by atoms with Crippen molar-refractivity contribution < 1.29 is 13.9 Å². The van der Waals surface area contributed by atoms with Crippen LogP contribution in [0.5, 0.6) is 0 Å². The van der Waals surface area contributed by atoms with Crippen LogP contribution in [-0.2, 0) is 16.0 Å². The van der Waals surface area contributed by atoms with Crippen molar-refractivity contribution in [1.29, 1.82) is 0 Å². The number of hydrogen-bond donors (Lipinski definition) is 0. The summed E-state index contributed by atoms with van der Waals surface area (Å²) in [4.78, 5) is 12.4. The Bertz CT molecular complexity index is 489. The lowest BCUT2D eigenvalue weighted by Crippen LogP contribution is -2.28. The van der Waals surface area contributed by atoms with Crippen LogP contribution in [0.2, 0.25) is 0 Å². The molecule has 1 aliphatic heterocycles. The molecule has 4 heteroatoms. The van der Waals surface area contributed by atoms with Crippen LogP contribution in [0.3, 0.4) is 0 Å². The van der Waals surface area contributed by atoms with Crippen LogP contribution in [0.25, 0.3) is 0 Å². The van der Waals surface area contributed by atoms with Gasteiger partial charge in [-0.1, -0.05) is 13.0 Å². The van der Waals surface area contributed by atoms with Gasteiger partial charge in [0, 0.05) is 12.3 Å². The molecule has 1 aromatic rings. The fourth-order valence-corrected chi connectivity index (χ4v) is 3.22. The molecule has 0 spiro atoms. The highest BCUT2D eigenvalue weighted by molar-refractivity contribution is 9.10. The number of hydrogen-bond acceptors (Lipinski definition) is 2. The Morgan fingerprint density at radius 2 is 2.00 bits per heavy atom. The molecular weight excluding hydrogens is 311 g/mol. The molecule has 1 aromatic carbocycles. The van der Waals surface area contributed by atoms with E-state index in [-0.39, 0.29) is 35.6 Å². The average molecular weight is 329 g/mol.